The second-order valence-electron chi connectivity index (χ2n) is 13.5. The molecule has 0 saturated carbocycles. The first-order valence-electron chi connectivity index (χ1n) is 17.7. The molecule has 0 aliphatic heterocycles. The fourth-order valence-corrected chi connectivity index (χ4v) is 9.40. The highest BCUT2D eigenvalue weighted by Crippen LogP contribution is 2.42. The number of hydrogen-bond acceptors (Lipinski definition) is 2. The van der Waals surface area contributed by atoms with Crippen LogP contribution in [0.3, 0.4) is 0 Å². The minimum Gasteiger partial charge on any atom is -0.309 e. The summed E-state index contributed by atoms with van der Waals surface area (Å²) in [6.07, 6.45) is 0. The number of thiophene rings is 1. The van der Waals surface area contributed by atoms with E-state index in [1.807, 2.05) is 11.3 Å². The molecule has 0 aliphatic carbocycles. The van der Waals surface area contributed by atoms with Crippen molar-refractivity contribution in [3.05, 3.63) is 182 Å². The van der Waals surface area contributed by atoms with Crippen LogP contribution in [0.5, 0.6) is 0 Å². The van der Waals surface area contributed by atoms with E-state index in [1.165, 1.54) is 74.6 Å². The molecule has 0 saturated heterocycles. The Kier molecular flexibility index (Phi) is 6.46. The zero-order valence-corrected chi connectivity index (χ0v) is 28.9. The molecule has 0 N–H and O–H groups in total. The van der Waals surface area contributed by atoms with Gasteiger partial charge in [-0.05, 0) is 75.1 Å². The molecular weight excluding hydrogens is 649 g/mol. The first-order valence-corrected chi connectivity index (χ1v) is 18.5. The smallest absolute Gasteiger partial charge is 0.0730 e. The van der Waals surface area contributed by atoms with Gasteiger partial charge in [0.1, 0.15) is 0 Å². The summed E-state index contributed by atoms with van der Waals surface area (Å²) in [6, 6.07) is 66.0. The quantitative estimate of drug-likeness (QED) is 0.181. The lowest BCUT2D eigenvalue weighted by Crippen LogP contribution is -1.95. The van der Waals surface area contributed by atoms with Crippen LogP contribution in [0.15, 0.2) is 182 Å². The van der Waals surface area contributed by atoms with Gasteiger partial charge in [0.25, 0.3) is 0 Å². The van der Waals surface area contributed by atoms with Crippen molar-refractivity contribution in [2.24, 2.45) is 0 Å². The van der Waals surface area contributed by atoms with Crippen molar-refractivity contribution in [3.8, 4) is 39.3 Å². The number of rotatable bonds is 4. The maximum Gasteiger partial charge on any atom is 0.0730 e. The number of hydrogen-bond donors (Lipinski definition) is 0. The summed E-state index contributed by atoms with van der Waals surface area (Å²) >= 11 is 1.85. The van der Waals surface area contributed by atoms with Gasteiger partial charge >= 0.3 is 0 Å². The Bertz CT molecular complexity index is 3080. The van der Waals surface area contributed by atoms with E-state index in [0.29, 0.717) is 0 Å². The van der Waals surface area contributed by atoms with Crippen LogP contribution in [0.4, 0.5) is 0 Å². The molecule has 11 rings (SSSR count). The van der Waals surface area contributed by atoms with E-state index >= 15 is 0 Å². The van der Waals surface area contributed by atoms with Gasteiger partial charge in [0.15, 0.2) is 0 Å². The van der Waals surface area contributed by atoms with Crippen molar-refractivity contribution in [1.29, 1.82) is 0 Å². The van der Waals surface area contributed by atoms with Gasteiger partial charge in [0.2, 0.25) is 0 Å². The largest absolute Gasteiger partial charge is 0.309 e. The van der Waals surface area contributed by atoms with E-state index in [2.05, 4.69) is 187 Å². The third-order valence-electron chi connectivity index (χ3n) is 10.6. The molecule has 0 unspecified atom stereocenters. The standard InChI is InChI=1S/C49H30N2S/c1-2-11-31(12-3-1)35-29-42(50-43(30-35)41-19-10-18-40-39-17-8-9-20-46(39)52-49(40)41)34-21-25-36(26-22-34)51-44-27-23-32-13-4-6-15-37(32)47(44)48-38-16-7-5-14-33(38)24-28-45(48)51/h1-30H. The van der Waals surface area contributed by atoms with Crippen LogP contribution in [-0.4, -0.2) is 9.55 Å². The van der Waals surface area contributed by atoms with Gasteiger partial charge in [0.05, 0.1) is 22.4 Å². The van der Waals surface area contributed by atoms with Crippen molar-refractivity contribution in [2.45, 2.75) is 0 Å². The summed E-state index contributed by atoms with van der Waals surface area (Å²) in [4.78, 5) is 5.38. The van der Waals surface area contributed by atoms with Crippen molar-refractivity contribution >= 4 is 74.9 Å². The van der Waals surface area contributed by atoms with Crippen LogP contribution in [0.1, 0.15) is 0 Å². The third-order valence-corrected chi connectivity index (χ3v) is 11.8. The molecule has 0 atom stereocenters. The number of aromatic nitrogens is 2. The van der Waals surface area contributed by atoms with E-state index in [-0.39, 0.29) is 0 Å². The molecule has 0 spiro atoms. The number of nitrogens with zero attached hydrogens (tertiary/aromatic N) is 2. The van der Waals surface area contributed by atoms with Crippen molar-refractivity contribution < 1.29 is 0 Å². The van der Waals surface area contributed by atoms with Crippen LogP contribution in [0, 0.1) is 0 Å². The molecule has 11 aromatic rings. The van der Waals surface area contributed by atoms with Gasteiger partial charge in [-0.25, -0.2) is 4.98 Å². The van der Waals surface area contributed by atoms with Gasteiger partial charge in [-0.15, -0.1) is 11.3 Å². The molecule has 0 amide bonds. The summed E-state index contributed by atoms with van der Waals surface area (Å²) < 4.78 is 4.99. The summed E-state index contributed by atoms with van der Waals surface area (Å²) in [7, 11) is 0. The molecule has 2 nitrogen and oxygen atoms in total. The summed E-state index contributed by atoms with van der Waals surface area (Å²) in [5, 5.41) is 10.2. The average molecular weight is 679 g/mol. The number of benzene rings is 8. The maximum absolute atomic E-state index is 5.38. The van der Waals surface area contributed by atoms with Crippen molar-refractivity contribution in [2.75, 3.05) is 0 Å². The topological polar surface area (TPSA) is 17.8 Å². The number of fused-ring (bicyclic) bond motifs is 10. The lowest BCUT2D eigenvalue weighted by atomic mass is 9.99. The van der Waals surface area contributed by atoms with E-state index in [9.17, 15) is 0 Å². The van der Waals surface area contributed by atoms with E-state index in [0.717, 1.165) is 28.2 Å². The monoisotopic (exact) mass is 678 g/mol. The fourth-order valence-electron chi connectivity index (χ4n) is 8.17. The third kappa shape index (κ3) is 4.46. The van der Waals surface area contributed by atoms with Crippen LogP contribution < -0.4 is 0 Å². The molecule has 3 aromatic heterocycles. The molecule has 3 heterocycles. The SMILES string of the molecule is c1ccc(-c2cc(-c3ccc(-n4c5ccc6ccccc6c5c5c6ccccc6ccc54)cc3)nc(-c3cccc4c3sc3ccccc34)c2)cc1. The highest BCUT2D eigenvalue weighted by molar-refractivity contribution is 7.26. The summed E-state index contributed by atoms with van der Waals surface area (Å²) in [6.45, 7) is 0. The summed E-state index contributed by atoms with van der Waals surface area (Å²) in [5.74, 6) is 0. The molecule has 0 radical (unpaired) electrons. The second-order valence-corrected chi connectivity index (χ2v) is 14.6. The van der Waals surface area contributed by atoms with Crippen molar-refractivity contribution in [3.63, 3.8) is 0 Å². The van der Waals surface area contributed by atoms with Gasteiger partial charge in [-0.1, -0.05) is 140 Å². The molecule has 0 aliphatic rings. The van der Waals surface area contributed by atoms with Gasteiger partial charge in [-0.2, -0.15) is 0 Å². The van der Waals surface area contributed by atoms with E-state index < -0.39 is 0 Å². The fraction of sp³-hybridized carbons (Fsp3) is 0. The van der Waals surface area contributed by atoms with Crippen LogP contribution >= 0.6 is 11.3 Å². The molecule has 3 heteroatoms. The second kappa shape index (κ2) is 11.5. The predicted molar refractivity (Wildman–Crippen MR) is 223 cm³/mol. The van der Waals surface area contributed by atoms with Gasteiger partial charge < -0.3 is 4.57 Å². The number of pyridine rings is 1. The predicted octanol–water partition coefficient (Wildman–Crippen LogP) is 13.9. The molecule has 0 fully saturated rings. The lowest BCUT2D eigenvalue weighted by molar-refractivity contribution is 1.18. The normalized spacial score (nSPS) is 11.8. The Morgan fingerprint density at radius 1 is 0.404 bits per heavy atom. The molecular formula is C49H30N2S. The maximum atomic E-state index is 5.38. The Labute approximate surface area is 304 Å². The minimum atomic E-state index is 0.959. The Morgan fingerprint density at radius 3 is 1.71 bits per heavy atom. The Balaban J connectivity index is 1.11. The first-order chi connectivity index (χ1) is 25.8. The lowest BCUT2D eigenvalue weighted by Gasteiger charge is -2.13. The van der Waals surface area contributed by atoms with Crippen LogP contribution in [0.25, 0.3) is 103 Å². The van der Waals surface area contributed by atoms with E-state index in [1.54, 1.807) is 0 Å². The summed E-state index contributed by atoms with van der Waals surface area (Å²) in [5.41, 5.74) is 10.1. The average Bonchev–Trinajstić information content (AvgIpc) is 3.78. The van der Waals surface area contributed by atoms with Gasteiger partial charge in [0, 0.05) is 47.8 Å². The molecule has 8 aromatic carbocycles. The highest BCUT2D eigenvalue weighted by Gasteiger charge is 2.18. The van der Waals surface area contributed by atoms with Crippen molar-refractivity contribution in [1.82, 2.24) is 9.55 Å². The highest BCUT2D eigenvalue weighted by atomic mass is 32.1. The minimum absolute atomic E-state index is 0.959. The first kappa shape index (κ1) is 29.2. The molecule has 0 bridgehead atoms. The zero-order valence-electron chi connectivity index (χ0n) is 28.1. The van der Waals surface area contributed by atoms with Gasteiger partial charge in [-0.3, -0.25) is 0 Å². The van der Waals surface area contributed by atoms with E-state index in [4.69, 9.17) is 4.98 Å². The molecule has 52 heavy (non-hydrogen) atoms. The van der Waals surface area contributed by atoms with Crippen LogP contribution in [0.2, 0.25) is 0 Å². The zero-order chi connectivity index (χ0) is 34.2. The molecule has 242 valence electrons. The Morgan fingerprint density at radius 2 is 1.00 bits per heavy atom. The van der Waals surface area contributed by atoms with Crippen LogP contribution in [-0.2, 0) is 0 Å². The Hall–Kier alpha value is -6.55.